The largest absolute Gasteiger partial charge is 0.381 e. The lowest BCUT2D eigenvalue weighted by molar-refractivity contribution is 0.0974. The number of benzene rings is 1. The Hall–Kier alpha value is -1.31. The van der Waals surface area contributed by atoms with E-state index < -0.39 is 7.14 Å². The molecule has 1 aromatic carbocycles. The molecule has 31 heavy (non-hydrogen) atoms. The van der Waals surface area contributed by atoms with Crippen molar-refractivity contribution >= 4 is 47.4 Å². The molecular formula is C21H29ClN5O2PS. The van der Waals surface area contributed by atoms with Crippen LogP contribution in [0.4, 0.5) is 11.6 Å². The highest BCUT2D eigenvalue weighted by atomic mass is 35.5. The molecule has 2 aliphatic heterocycles. The van der Waals surface area contributed by atoms with Crippen molar-refractivity contribution in [1.29, 1.82) is 0 Å². The summed E-state index contributed by atoms with van der Waals surface area (Å²) < 4.78 is 18.3. The molecule has 2 aliphatic rings. The first-order chi connectivity index (χ1) is 14.6. The molecule has 0 unspecified atom stereocenters. The van der Waals surface area contributed by atoms with Gasteiger partial charge in [-0.05, 0) is 51.3 Å². The van der Waals surface area contributed by atoms with Crippen molar-refractivity contribution < 1.29 is 9.30 Å². The molecule has 7 nitrogen and oxygen atoms in total. The molecule has 168 valence electrons. The minimum atomic E-state index is -2.42. The third kappa shape index (κ3) is 4.74. The Morgan fingerprint density at radius 1 is 1.29 bits per heavy atom. The molecular weight excluding hydrogens is 453 g/mol. The molecule has 0 aliphatic carbocycles. The van der Waals surface area contributed by atoms with Crippen LogP contribution in [0.5, 0.6) is 0 Å². The Balaban J connectivity index is 1.47. The molecule has 3 heterocycles. The summed E-state index contributed by atoms with van der Waals surface area (Å²) in [6.07, 6.45) is 3.81. The zero-order valence-corrected chi connectivity index (χ0v) is 20.5. The van der Waals surface area contributed by atoms with Gasteiger partial charge in [0, 0.05) is 39.8 Å². The topological polar surface area (TPSA) is 107 Å². The van der Waals surface area contributed by atoms with Crippen LogP contribution in [0.15, 0.2) is 34.3 Å². The number of nitrogens with two attached hydrogens (primary N) is 2. The molecule has 2 saturated heterocycles. The number of nitrogens with zero attached hydrogens (tertiary/aromatic N) is 3. The number of aromatic nitrogens is 2. The van der Waals surface area contributed by atoms with E-state index in [9.17, 15) is 4.57 Å². The average molecular weight is 482 g/mol. The Morgan fingerprint density at radius 3 is 2.58 bits per heavy atom. The second kappa shape index (κ2) is 8.56. The minimum Gasteiger partial charge on any atom is -0.381 e. The second-order valence-electron chi connectivity index (χ2n) is 8.91. The second-order valence-corrected chi connectivity index (χ2v) is 13.6. The highest BCUT2D eigenvalue weighted by Crippen LogP contribution is 2.42. The van der Waals surface area contributed by atoms with E-state index in [0.717, 1.165) is 48.6 Å². The van der Waals surface area contributed by atoms with Gasteiger partial charge in [0.15, 0.2) is 5.82 Å². The van der Waals surface area contributed by atoms with Gasteiger partial charge in [-0.3, -0.25) is 0 Å². The number of nitrogen functional groups attached to an aromatic ring is 1. The molecule has 2 aromatic rings. The van der Waals surface area contributed by atoms with Crippen LogP contribution in [0.25, 0.3) is 0 Å². The third-order valence-corrected chi connectivity index (χ3v) is 9.07. The Morgan fingerprint density at radius 2 is 2.00 bits per heavy atom. The summed E-state index contributed by atoms with van der Waals surface area (Å²) >= 11 is 7.61. The Kier molecular flexibility index (Phi) is 6.32. The molecule has 2 fully saturated rings. The van der Waals surface area contributed by atoms with Crippen LogP contribution in [-0.4, -0.2) is 55.1 Å². The number of rotatable bonds is 4. The van der Waals surface area contributed by atoms with Crippen LogP contribution in [0.1, 0.15) is 19.8 Å². The van der Waals surface area contributed by atoms with Gasteiger partial charge in [-0.1, -0.05) is 23.4 Å². The summed E-state index contributed by atoms with van der Waals surface area (Å²) in [6, 6.07) is 5.52. The molecule has 0 bridgehead atoms. The Bertz CT molecular complexity index is 1020. The fourth-order valence-electron chi connectivity index (χ4n) is 4.30. The van der Waals surface area contributed by atoms with Crippen molar-refractivity contribution in [2.75, 3.05) is 43.7 Å². The lowest BCUT2D eigenvalue weighted by atomic mass is 9.73. The first-order valence-corrected chi connectivity index (χ1v) is 14.2. The van der Waals surface area contributed by atoms with E-state index in [-0.39, 0.29) is 17.6 Å². The molecule has 4 N–H and O–H groups in total. The normalized spacial score (nSPS) is 23.5. The molecule has 0 amide bonds. The Labute approximate surface area is 192 Å². The van der Waals surface area contributed by atoms with Gasteiger partial charge in [0.25, 0.3) is 0 Å². The van der Waals surface area contributed by atoms with Gasteiger partial charge < -0.3 is 25.7 Å². The molecule has 2 atom stereocenters. The van der Waals surface area contributed by atoms with Gasteiger partial charge in [-0.2, -0.15) is 0 Å². The number of anilines is 2. The summed E-state index contributed by atoms with van der Waals surface area (Å²) in [6.45, 7) is 7.94. The van der Waals surface area contributed by atoms with Crippen LogP contribution in [0.2, 0.25) is 5.02 Å². The van der Waals surface area contributed by atoms with Gasteiger partial charge >= 0.3 is 0 Å². The fourth-order valence-corrected chi connectivity index (χ4v) is 6.51. The summed E-state index contributed by atoms with van der Waals surface area (Å²) in [5.74, 6) is 1.14. The van der Waals surface area contributed by atoms with Gasteiger partial charge in [0.1, 0.15) is 18.0 Å². The highest BCUT2D eigenvalue weighted by molar-refractivity contribution is 7.99. The van der Waals surface area contributed by atoms with Crippen molar-refractivity contribution in [1.82, 2.24) is 9.97 Å². The predicted octanol–water partition coefficient (Wildman–Crippen LogP) is 3.44. The lowest BCUT2D eigenvalue weighted by Crippen LogP contribution is -2.50. The summed E-state index contributed by atoms with van der Waals surface area (Å²) in [5.41, 5.74) is 12.7. The standard InChI is InChI=1S/C21H29ClN5O2PS/c1-13-18(23)21(12-29-13)4-6-27(7-5-21)17-11-25-20(19(24)26-17)31-16-9-14(22)8-15(10-16)30(2,3)28/h8-11,13,18H,4-7,12,23H2,1-3H3,(H2,24,26)/t13-,18+/m0/s1. The van der Waals surface area contributed by atoms with Gasteiger partial charge in [-0.25, -0.2) is 9.97 Å². The van der Waals surface area contributed by atoms with E-state index in [1.165, 1.54) is 11.8 Å². The monoisotopic (exact) mass is 481 g/mol. The maximum atomic E-state index is 12.4. The molecule has 0 radical (unpaired) electrons. The van der Waals surface area contributed by atoms with Crippen LogP contribution in [0, 0.1) is 5.41 Å². The highest BCUT2D eigenvalue weighted by Gasteiger charge is 2.47. The predicted molar refractivity (Wildman–Crippen MR) is 128 cm³/mol. The van der Waals surface area contributed by atoms with Crippen LogP contribution in [-0.2, 0) is 9.30 Å². The maximum Gasteiger partial charge on any atom is 0.158 e. The SMILES string of the molecule is C[C@@H]1OCC2(CCN(c3cnc(Sc4cc(Cl)cc(P(C)(C)=O)c4)c(N)n3)CC2)[C@@H]1N. The molecule has 4 rings (SSSR count). The molecule has 0 saturated carbocycles. The first-order valence-electron chi connectivity index (χ1n) is 10.4. The van der Waals surface area contributed by atoms with Crippen LogP contribution < -0.4 is 21.7 Å². The molecule has 10 heteroatoms. The van der Waals surface area contributed by atoms with E-state index in [1.54, 1.807) is 25.6 Å². The van der Waals surface area contributed by atoms with Gasteiger partial charge in [-0.15, -0.1) is 0 Å². The summed E-state index contributed by atoms with van der Waals surface area (Å²) in [4.78, 5) is 12.2. The molecule has 1 spiro atoms. The summed E-state index contributed by atoms with van der Waals surface area (Å²) in [5, 5.41) is 1.88. The zero-order chi connectivity index (χ0) is 22.4. The van der Waals surface area contributed by atoms with E-state index >= 15 is 0 Å². The van der Waals surface area contributed by atoms with E-state index in [1.807, 2.05) is 12.1 Å². The van der Waals surface area contributed by atoms with E-state index in [4.69, 9.17) is 27.8 Å². The number of hydrogen-bond donors (Lipinski definition) is 2. The van der Waals surface area contributed by atoms with Crippen molar-refractivity contribution in [2.45, 2.75) is 41.8 Å². The fraction of sp³-hybridized carbons (Fsp3) is 0.524. The minimum absolute atomic E-state index is 0.0625. The van der Waals surface area contributed by atoms with Crippen molar-refractivity contribution in [2.24, 2.45) is 11.1 Å². The van der Waals surface area contributed by atoms with E-state index in [2.05, 4.69) is 21.8 Å². The number of halogens is 1. The number of piperidine rings is 1. The van der Waals surface area contributed by atoms with Crippen molar-refractivity contribution in [3.63, 3.8) is 0 Å². The first kappa shape index (κ1) is 22.9. The quantitative estimate of drug-likeness (QED) is 0.639. The number of hydrogen-bond acceptors (Lipinski definition) is 8. The summed E-state index contributed by atoms with van der Waals surface area (Å²) in [7, 11) is -2.42. The van der Waals surface area contributed by atoms with Gasteiger partial charge in [0.05, 0.1) is 18.9 Å². The van der Waals surface area contributed by atoms with Gasteiger partial charge in [0.2, 0.25) is 0 Å². The lowest BCUT2D eigenvalue weighted by Gasteiger charge is -2.41. The molecule has 1 aromatic heterocycles. The van der Waals surface area contributed by atoms with E-state index in [0.29, 0.717) is 15.9 Å². The zero-order valence-electron chi connectivity index (χ0n) is 18.0. The van der Waals surface area contributed by atoms with Crippen LogP contribution >= 0.6 is 30.5 Å². The van der Waals surface area contributed by atoms with Crippen molar-refractivity contribution in [3.05, 3.63) is 29.4 Å². The van der Waals surface area contributed by atoms with Crippen molar-refractivity contribution in [3.8, 4) is 0 Å². The average Bonchev–Trinajstić information content (AvgIpc) is 2.98. The third-order valence-electron chi connectivity index (χ3n) is 6.37. The smallest absolute Gasteiger partial charge is 0.158 e. The van der Waals surface area contributed by atoms with Crippen LogP contribution in [0.3, 0.4) is 0 Å². The maximum absolute atomic E-state index is 12.4. The number of ether oxygens (including phenoxy) is 1.